The molecule has 0 aliphatic rings. The molecule has 0 N–H and O–H groups in total. The first-order chi connectivity index (χ1) is 12.9. The molecular weight excluding hydrogens is 316 g/mol. The molecule has 126 valence electrons. The standard InChI is InChI=1S/C25H20O/c1-2-26-25(20-18-22-13-7-4-8-14-22)24-16-10-9-15-23(24)19-17-21-11-5-3-6-12-21/h3-16,25H,2H2,1H3. The van der Waals surface area contributed by atoms with E-state index in [1.807, 2.05) is 91.9 Å². The van der Waals surface area contributed by atoms with Crippen LogP contribution in [-0.2, 0) is 4.74 Å². The summed E-state index contributed by atoms with van der Waals surface area (Å²) in [6.07, 6.45) is -0.304. The fourth-order valence-electron chi connectivity index (χ4n) is 2.55. The van der Waals surface area contributed by atoms with Gasteiger partial charge in [0.05, 0.1) is 0 Å². The average molecular weight is 336 g/mol. The first-order valence-electron chi connectivity index (χ1n) is 8.71. The van der Waals surface area contributed by atoms with E-state index < -0.39 is 0 Å². The molecule has 1 atom stereocenters. The van der Waals surface area contributed by atoms with E-state index in [1.54, 1.807) is 0 Å². The smallest absolute Gasteiger partial charge is 0.144 e. The second kappa shape index (κ2) is 9.28. The molecule has 0 fully saturated rings. The highest BCUT2D eigenvalue weighted by molar-refractivity contribution is 5.49. The van der Waals surface area contributed by atoms with Crippen molar-refractivity contribution < 1.29 is 4.74 Å². The van der Waals surface area contributed by atoms with E-state index in [2.05, 4.69) is 23.7 Å². The highest BCUT2D eigenvalue weighted by Gasteiger charge is 2.11. The first kappa shape index (κ1) is 17.6. The van der Waals surface area contributed by atoms with Crippen LogP contribution in [0.1, 0.15) is 35.3 Å². The molecule has 0 aromatic heterocycles. The van der Waals surface area contributed by atoms with E-state index in [0.29, 0.717) is 6.61 Å². The van der Waals surface area contributed by atoms with Crippen LogP contribution >= 0.6 is 0 Å². The van der Waals surface area contributed by atoms with Crippen molar-refractivity contribution in [3.05, 3.63) is 107 Å². The SMILES string of the molecule is CCOC(C#Cc1ccccc1)c1ccccc1C#Cc1ccccc1. The summed E-state index contributed by atoms with van der Waals surface area (Å²) in [5.74, 6) is 12.9. The fourth-order valence-corrected chi connectivity index (χ4v) is 2.55. The van der Waals surface area contributed by atoms with Crippen molar-refractivity contribution in [2.75, 3.05) is 6.61 Å². The normalized spacial score (nSPS) is 10.8. The molecule has 0 aliphatic carbocycles. The summed E-state index contributed by atoms with van der Waals surface area (Å²) in [5.41, 5.74) is 3.91. The number of hydrogen-bond donors (Lipinski definition) is 0. The molecule has 0 bridgehead atoms. The Morgan fingerprint density at radius 3 is 1.92 bits per heavy atom. The Morgan fingerprint density at radius 1 is 0.692 bits per heavy atom. The molecule has 1 heteroatoms. The Morgan fingerprint density at radius 2 is 1.27 bits per heavy atom. The van der Waals surface area contributed by atoms with Gasteiger partial charge < -0.3 is 4.74 Å². The van der Waals surface area contributed by atoms with E-state index in [9.17, 15) is 0 Å². The molecule has 26 heavy (non-hydrogen) atoms. The highest BCUT2D eigenvalue weighted by atomic mass is 16.5. The van der Waals surface area contributed by atoms with E-state index in [1.165, 1.54) is 0 Å². The van der Waals surface area contributed by atoms with Crippen molar-refractivity contribution in [3.63, 3.8) is 0 Å². The molecule has 3 aromatic rings. The zero-order valence-electron chi connectivity index (χ0n) is 14.8. The Labute approximate surface area is 155 Å². The molecule has 0 radical (unpaired) electrons. The maximum absolute atomic E-state index is 5.90. The van der Waals surface area contributed by atoms with Gasteiger partial charge in [-0.25, -0.2) is 0 Å². The highest BCUT2D eigenvalue weighted by Crippen LogP contribution is 2.21. The van der Waals surface area contributed by atoms with Gasteiger partial charge in [-0.2, -0.15) is 0 Å². The lowest BCUT2D eigenvalue weighted by molar-refractivity contribution is 0.103. The molecule has 3 rings (SSSR count). The van der Waals surface area contributed by atoms with Crippen LogP contribution in [-0.4, -0.2) is 6.61 Å². The zero-order chi connectivity index (χ0) is 18.0. The van der Waals surface area contributed by atoms with E-state index in [0.717, 1.165) is 22.3 Å². The van der Waals surface area contributed by atoms with Gasteiger partial charge in [0.25, 0.3) is 0 Å². The summed E-state index contributed by atoms with van der Waals surface area (Å²) in [6.45, 7) is 2.57. The third kappa shape index (κ3) is 4.87. The van der Waals surface area contributed by atoms with Crippen LogP contribution in [0.3, 0.4) is 0 Å². The predicted octanol–water partition coefficient (Wildman–Crippen LogP) is 5.22. The molecule has 0 spiro atoms. The first-order valence-corrected chi connectivity index (χ1v) is 8.71. The second-order valence-electron chi connectivity index (χ2n) is 5.67. The largest absolute Gasteiger partial charge is 0.361 e. The lowest BCUT2D eigenvalue weighted by Gasteiger charge is -2.13. The molecule has 0 saturated carbocycles. The fraction of sp³-hybridized carbons (Fsp3) is 0.120. The Hall–Kier alpha value is -3.26. The Kier molecular flexibility index (Phi) is 6.27. The monoisotopic (exact) mass is 336 g/mol. The van der Waals surface area contributed by atoms with Gasteiger partial charge in [0.1, 0.15) is 6.10 Å². The number of hydrogen-bond acceptors (Lipinski definition) is 1. The van der Waals surface area contributed by atoms with Crippen molar-refractivity contribution in [3.8, 4) is 23.7 Å². The summed E-state index contributed by atoms with van der Waals surface area (Å²) in [6, 6.07) is 28.0. The van der Waals surface area contributed by atoms with Gasteiger partial charge in [-0.05, 0) is 37.3 Å². The quantitative estimate of drug-likeness (QED) is 0.596. The van der Waals surface area contributed by atoms with Crippen molar-refractivity contribution in [2.45, 2.75) is 13.0 Å². The molecule has 0 heterocycles. The third-order valence-corrected chi connectivity index (χ3v) is 3.81. The van der Waals surface area contributed by atoms with Crippen LogP contribution in [0.4, 0.5) is 0 Å². The van der Waals surface area contributed by atoms with Gasteiger partial charge >= 0.3 is 0 Å². The van der Waals surface area contributed by atoms with Crippen LogP contribution in [0.25, 0.3) is 0 Å². The average Bonchev–Trinajstić information content (AvgIpc) is 2.71. The van der Waals surface area contributed by atoms with Gasteiger partial charge in [-0.3, -0.25) is 0 Å². The van der Waals surface area contributed by atoms with Gasteiger partial charge in [0, 0.05) is 28.9 Å². The summed E-state index contributed by atoms with van der Waals surface area (Å²) in [7, 11) is 0. The van der Waals surface area contributed by atoms with Crippen LogP contribution in [0.2, 0.25) is 0 Å². The van der Waals surface area contributed by atoms with Crippen molar-refractivity contribution in [2.24, 2.45) is 0 Å². The maximum atomic E-state index is 5.90. The molecule has 0 amide bonds. The summed E-state index contributed by atoms with van der Waals surface area (Å²) in [4.78, 5) is 0. The van der Waals surface area contributed by atoms with E-state index >= 15 is 0 Å². The lowest BCUT2D eigenvalue weighted by Crippen LogP contribution is -2.04. The number of ether oxygens (including phenoxy) is 1. The van der Waals surface area contributed by atoms with Crippen LogP contribution in [0.5, 0.6) is 0 Å². The minimum atomic E-state index is -0.304. The molecule has 3 aromatic carbocycles. The molecule has 0 saturated heterocycles. The molecule has 1 nitrogen and oxygen atoms in total. The van der Waals surface area contributed by atoms with Gasteiger partial charge in [0.2, 0.25) is 0 Å². The predicted molar refractivity (Wildman–Crippen MR) is 107 cm³/mol. The minimum absolute atomic E-state index is 0.304. The Bertz CT molecular complexity index is 951. The third-order valence-electron chi connectivity index (χ3n) is 3.81. The lowest BCUT2D eigenvalue weighted by atomic mass is 10.0. The molecule has 1 unspecified atom stereocenters. The number of benzene rings is 3. The van der Waals surface area contributed by atoms with Gasteiger partial charge in [-0.1, -0.05) is 78.3 Å². The van der Waals surface area contributed by atoms with Gasteiger partial charge in [-0.15, -0.1) is 0 Å². The van der Waals surface area contributed by atoms with Crippen molar-refractivity contribution in [1.82, 2.24) is 0 Å². The van der Waals surface area contributed by atoms with Crippen molar-refractivity contribution >= 4 is 0 Å². The van der Waals surface area contributed by atoms with Gasteiger partial charge in [0.15, 0.2) is 0 Å². The van der Waals surface area contributed by atoms with Crippen LogP contribution in [0, 0.1) is 23.7 Å². The minimum Gasteiger partial charge on any atom is -0.361 e. The summed E-state index contributed by atoms with van der Waals surface area (Å²) < 4.78 is 5.90. The zero-order valence-corrected chi connectivity index (χ0v) is 14.8. The molecule has 0 aliphatic heterocycles. The Balaban J connectivity index is 1.93. The topological polar surface area (TPSA) is 9.23 Å². The van der Waals surface area contributed by atoms with Crippen LogP contribution in [0.15, 0.2) is 84.9 Å². The van der Waals surface area contributed by atoms with E-state index in [-0.39, 0.29) is 6.10 Å². The van der Waals surface area contributed by atoms with E-state index in [4.69, 9.17) is 4.74 Å². The molecular formula is C25H20O. The summed E-state index contributed by atoms with van der Waals surface area (Å²) >= 11 is 0. The van der Waals surface area contributed by atoms with Crippen molar-refractivity contribution in [1.29, 1.82) is 0 Å². The second-order valence-corrected chi connectivity index (χ2v) is 5.67. The maximum Gasteiger partial charge on any atom is 0.144 e. The summed E-state index contributed by atoms with van der Waals surface area (Å²) in [5, 5.41) is 0. The number of rotatable bonds is 3. The van der Waals surface area contributed by atoms with Crippen LogP contribution < -0.4 is 0 Å².